The predicted octanol–water partition coefficient (Wildman–Crippen LogP) is 3.98. The van der Waals surface area contributed by atoms with Crippen LogP contribution in [-0.4, -0.2) is 56.2 Å². The summed E-state index contributed by atoms with van der Waals surface area (Å²) in [6, 6.07) is 4.00. The van der Waals surface area contributed by atoms with Gasteiger partial charge in [-0.15, -0.1) is 0 Å². The van der Waals surface area contributed by atoms with Gasteiger partial charge in [0.25, 0.3) is 0 Å². The van der Waals surface area contributed by atoms with Crippen molar-refractivity contribution in [2.24, 2.45) is 0 Å². The molecule has 194 valence electrons. The number of ether oxygens (including phenoxy) is 2. The molecule has 5 N–H and O–H groups in total. The van der Waals surface area contributed by atoms with Crippen LogP contribution in [0, 0.1) is 0 Å². The standard InChI is InChI=1S/C21H16Br4O11/c1-5-12(27)15(30)16(31)21(32-5)34-20-14(29)9-13(28)10(22)19(36-25)11(23)18(9)33-17(20)6-2-3-7(26)8(4-6)35-24/h2-5,12,15-16,21,26-28,30-31H,1H3/t5-,12-,15+,16+,21-/m0/s1. The zero-order chi connectivity index (χ0) is 26.5. The van der Waals surface area contributed by atoms with Gasteiger partial charge in [0.1, 0.15) is 38.4 Å². The van der Waals surface area contributed by atoms with E-state index >= 15 is 0 Å². The van der Waals surface area contributed by atoms with Gasteiger partial charge < -0.3 is 47.1 Å². The highest BCUT2D eigenvalue weighted by atomic mass is 79.9. The Bertz CT molecular complexity index is 1380. The van der Waals surface area contributed by atoms with E-state index in [0.29, 0.717) is 0 Å². The highest BCUT2D eigenvalue weighted by Gasteiger charge is 2.44. The van der Waals surface area contributed by atoms with Gasteiger partial charge in [-0.3, -0.25) is 4.79 Å². The van der Waals surface area contributed by atoms with Gasteiger partial charge in [0.2, 0.25) is 17.5 Å². The molecule has 1 aliphatic rings. The summed E-state index contributed by atoms with van der Waals surface area (Å²) >= 11 is 12.1. The van der Waals surface area contributed by atoms with Gasteiger partial charge in [-0.2, -0.15) is 0 Å². The van der Waals surface area contributed by atoms with Crippen molar-refractivity contribution in [3.05, 3.63) is 37.4 Å². The van der Waals surface area contributed by atoms with Gasteiger partial charge in [0, 0.05) is 5.56 Å². The molecule has 0 amide bonds. The van der Waals surface area contributed by atoms with Crippen LogP contribution in [-0.2, 0) is 4.74 Å². The Morgan fingerprint density at radius 2 is 1.64 bits per heavy atom. The molecule has 0 bridgehead atoms. The number of fused-ring (bicyclic) bond motifs is 1. The van der Waals surface area contributed by atoms with E-state index in [4.69, 9.17) is 21.5 Å². The van der Waals surface area contributed by atoms with Gasteiger partial charge in [0.15, 0.2) is 61.1 Å². The maximum absolute atomic E-state index is 13.7. The molecular formula is C21H16Br4O11. The lowest BCUT2D eigenvalue weighted by molar-refractivity contribution is -0.268. The summed E-state index contributed by atoms with van der Waals surface area (Å²) in [7, 11) is 0. The van der Waals surface area contributed by atoms with Crippen LogP contribution in [0.5, 0.6) is 28.7 Å². The molecule has 1 saturated heterocycles. The second-order valence-electron chi connectivity index (χ2n) is 7.74. The Balaban J connectivity index is 2.01. The molecule has 1 fully saturated rings. The third kappa shape index (κ3) is 4.60. The van der Waals surface area contributed by atoms with E-state index in [1.165, 1.54) is 25.1 Å². The molecule has 4 rings (SSSR count). The molecule has 5 atom stereocenters. The average Bonchev–Trinajstić information content (AvgIpc) is 2.86. The normalized spacial score (nSPS) is 24.1. The number of aliphatic hydroxyl groups is 3. The van der Waals surface area contributed by atoms with E-state index in [1.807, 2.05) is 0 Å². The van der Waals surface area contributed by atoms with Crippen LogP contribution in [0.25, 0.3) is 22.3 Å². The van der Waals surface area contributed by atoms with E-state index in [1.54, 1.807) is 0 Å². The summed E-state index contributed by atoms with van der Waals surface area (Å²) in [5.41, 5.74) is -0.809. The molecule has 36 heavy (non-hydrogen) atoms. The summed E-state index contributed by atoms with van der Waals surface area (Å²) in [6.45, 7) is 1.45. The molecule has 0 spiro atoms. The van der Waals surface area contributed by atoms with Crippen LogP contribution in [0.2, 0.25) is 0 Å². The van der Waals surface area contributed by atoms with E-state index in [-0.39, 0.29) is 48.5 Å². The lowest BCUT2D eigenvalue weighted by atomic mass is 10.00. The molecule has 1 aromatic heterocycles. The smallest absolute Gasteiger partial charge is 0.239 e. The van der Waals surface area contributed by atoms with E-state index in [0.717, 1.165) is 0 Å². The van der Waals surface area contributed by atoms with E-state index in [2.05, 4.69) is 64.4 Å². The molecule has 3 aromatic rings. The van der Waals surface area contributed by atoms with Crippen LogP contribution in [0.3, 0.4) is 0 Å². The van der Waals surface area contributed by atoms with Crippen LogP contribution in [0.1, 0.15) is 6.92 Å². The summed E-state index contributed by atoms with van der Waals surface area (Å²) in [6.07, 6.45) is -7.33. The summed E-state index contributed by atoms with van der Waals surface area (Å²) in [5.74, 6) is -1.42. The monoisotopic (exact) mass is 760 g/mol. The average molecular weight is 764 g/mol. The van der Waals surface area contributed by atoms with Gasteiger partial charge in [-0.05, 0) is 57.0 Å². The predicted molar refractivity (Wildman–Crippen MR) is 139 cm³/mol. The molecule has 0 aliphatic carbocycles. The number of halogens is 4. The number of rotatable bonds is 5. The largest absolute Gasteiger partial charge is 0.506 e. The molecule has 2 aromatic carbocycles. The summed E-state index contributed by atoms with van der Waals surface area (Å²) in [5, 5.41) is 51.1. The first-order chi connectivity index (χ1) is 17.0. The Morgan fingerprint density at radius 3 is 2.28 bits per heavy atom. The minimum atomic E-state index is -1.74. The molecule has 0 unspecified atom stereocenters. The van der Waals surface area contributed by atoms with Crippen molar-refractivity contribution in [3.63, 3.8) is 0 Å². The van der Waals surface area contributed by atoms with Crippen molar-refractivity contribution >= 4 is 75.3 Å². The minimum Gasteiger partial charge on any atom is -0.506 e. The lowest BCUT2D eigenvalue weighted by Crippen LogP contribution is -2.58. The number of aromatic hydroxyl groups is 2. The van der Waals surface area contributed by atoms with Gasteiger partial charge >= 0.3 is 0 Å². The van der Waals surface area contributed by atoms with Crippen molar-refractivity contribution in [2.45, 2.75) is 37.6 Å². The summed E-state index contributed by atoms with van der Waals surface area (Å²) in [4.78, 5) is 13.7. The van der Waals surface area contributed by atoms with Crippen molar-refractivity contribution in [1.82, 2.24) is 0 Å². The quantitative estimate of drug-likeness (QED) is 0.255. The van der Waals surface area contributed by atoms with Crippen molar-refractivity contribution in [2.75, 3.05) is 0 Å². The van der Waals surface area contributed by atoms with Crippen molar-refractivity contribution in [3.8, 4) is 40.1 Å². The first-order valence-corrected chi connectivity index (χ1v) is 12.9. The zero-order valence-corrected chi connectivity index (χ0v) is 24.2. The number of benzene rings is 2. The molecular weight excluding hydrogens is 748 g/mol. The van der Waals surface area contributed by atoms with Crippen molar-refractivity contribution in [1.29, 1.82) is 0 Å². The SMILES string of the molecule is C[C@@H]1O[C@@H](Oc2c(-c3ccc(O)c(OBr)c3)oc3c(Br)c(OBr)c(Br)c(O)c3c2=O)[C@H](O)[C@H](O)[C@H]1O. The zero-order valence-electron chi connectivity index (χ0n) is 17.8. The number of aliphatic hydroxyl groups excluding tert-OH is 3. The van der Waals surface area contributed by atoms with Crippen LogP contribution < -0.4 is 17.8 Å². The molecule has 0 radical (unpaired) electrons. The topological polar surface area (TPSA) is 168 Å². The fraction of sp³-hybridized carbons (Fsp3) is 0.286. The van der Waals surface area contributed by atoms with Gasteiger partial charge in [-0.25, -0.2) is 0 Å². The molecule has 0 saturated carbocycles. The Morgan fingerprint density at radius 1 is 0.944 bits per heavy atom. The first kappa shape index (κ1) is 27.4. The van der Waals surface area contributed by atoms with E-state index in [9.17, 15) is 30.3 Å². The third-order valence-electron chi connectivity index (χ3n) is 5.54. The highest BCUT2D eigenvalue weighted by Crippen LogP contribution is 2.48. The highest BCUT2D eigenvalue weighted by molar-refractivity contribution is 9.11. The maximum atomic E-state index is 13.7. The molecule has 11 nitrogen and oxygen atoms in total. The number of phenolic OH excluding ortho intramolecular Hbond substituents is 2. The molecule has 15 heteroatoms. The van der Waals surface area contributed by atoms with Crippen LogP contribution >= 0.6 is 64.4 Å². The van der Waals surface area contributed by atoms with E-state index < -0.39 is 47.6 Å². The Hall–Kier alpha value is -1.59. The molecule has 2 heterocycles. The van der Waals surface area contributed by atoms with Crippen LogP contribution in [0.15, 0.2) is 36.4 Å². The van der Waals surface area contributed by atoms with Crippen molar-refractivity contribution < 1.29 is 47.1 Å². The fourth-order valence-electron chi connectivity index (χ4n) is 3.61. The van der Waals surface area contributed by atoms with Crippen LogP contribution in [0.4, 0.5) is 0 Å². The second kappa shape index (κ2) is 10.6. The lowest BCUT2D eigenvalue weighted by Gasteiger charge is -2.38. The van der Waals surface area contributed by atoms with Gasteiger partial charge in [-0.1, -0.05) is 0 Å². The Labute approximate surface area is 236 Å². The number of hydrogen-bond acceptors (Lipinski definition) is 11. The summed E-state index contributed by atoms with van der Waals surface area (Å²) < 4.78 is 27.5. The number of phenols is 2. The Kier molecular flexibility index (Phi) is 8.12. The van der Waals surface area contributed by atoms with Gasteiger partial charge in [0.05, 0.1) is 6.10 Å². The number of hydrogen-bond donors (Lipinski definition) is 5. The second-order valence-corrected chi connectivity index (χ2v) is 9.97. The maximum Gasteiger partial charge on any atom is 0.239 e. The first-order valence-electron chi connectivity index (χ1n) is 9.99. The molecule has 1 aliphatic heterocycles. The minimum absolute atomic E-state index is 0.0190. The fourth-order valence-corrected chi connectivity index (χ4v) is 5.93. The third-order valence-corrected chi connectivity index (χ3v) is 7.67.